The maximum atomic E-state index is 13.4. The van der Waals surface area contributed by atoms with Crippen LogP contribution in [0.25, 0.3) is 0 Å². The summed E-state index contributed by atoms with van der Waals surface area (Å²) in [4.78, 5) is 3.52. The Morgan fingerprint density at radius 2 is 1.64 bits per heavy atom. The number of ether oxygens (including phenoxy) is 1. The Kier molecular flexibility index (Phi) is 6.00. The van der Waals surface area contributed by atoms with Crippen molar-refractivity contribution in [3.8, 4) is 5.75 Å². The highest BCUT2D eigenvalue weighted by Gasteiger charge is 2.24. The lowest BCUT2D eigenvalue weighted by Crippen LogP contribution is -2.13. The van der Waals surface area contributed by atoms with Crippen LogP contribution in [0.5, 0.6) is 5.75 Å². The van der Waals surface area contributed by atoms with E-state index in [0.717, 1.165) is 56.4 Å². The van der Waals surface area contributed by atoms with Crippen LogP contribution in [0, 0.1) is 11.8 Å². The molecule has 1 heterocycles. The summed E-state index contributed by atoms with van der Waals surface area (Å²) >= 11 is 0. The van der Waals surface area contributed by atoms with Gasteiger partial charge in [0.15, 0.2) is 5.82 Å². The van der Waals surface area contributed by atoms with E-state index in [9.17, 15) is 8.78 Å². The molecule has 1 fully saturated rings. The lowest BCUT2D eigenvalue weighted by Gasteiger charge is -2.29. The molecule has 0 spiro atoms. The summed E-state index contributed by atoms with van der Waals surface area (Å²) in [5.74, 6) is -0.134. The second-order valence-electron chi connectivity index (χ2n) is 6.86. The summed E-state index contributed by atoms with van der Waals surface area (Å²) in [6.45, 7) is 2.92. The Morgan fingerprint density at radius 1 is 1.00 bits per heavy atom. The Morgan fingerprint density at radius 3 is 2.24 bits per heavy atom. The molecule has 134 valence electrons. The average molecular weight is 345 g/mol. The zero-order valence-electron chi connectivity index (χ0n) is 14.7. The normalized spacial score (nSPS) is 20.4. The molecule has 0 saturated heterocycles. The van der Waals surface area contributed by atoms with Gasteiger partial charge >= 0.3 is 0 Å². The SMILES string of the molecule is CCCCOc1ccc(C2CCC(c3cnc(F)c(F)c3)CC2)cc1. The minimum atomic E-state index is -1.02. The molecule has 0 bridgehead atoms. The number of aromatic nitrogens is 1. The third-order valence-electron chi connectivity index (χ3n) is 5.13. The van der Waals surface area contributed by atoms with Crippen LogP contribution in [0.4, 0.5) is 8.78 Å². The van der Waals surface area contributed by atoms with E-state index in [1.165, 1.54) is 17.8 Å². The summed E-state index contributed by atoms with van der Waals surface area (Å²) < 4.78 is 32.1. The van der Waals surface area contributed by atoms with Crippen molar-refractivity contribution in [2.75, 3.05) is 6.61 Å². The number of halogens is 2. The van der Waals surface area contributed by atoms with Crippen LogP contribution in [0.15, 0.2) is 36.5 Å². The molecule has 0 atom stereocenters. The maximum absolute atomic E-state index is 13.4. The van der Waals surface area contributed by atoms with Crippen LogP contribution in [0.2, 0.25) is 0 Å². The molecule has 1 aromatic heterocycles. The highest BCUT2D eigenvalue weighted by Crippen LogP contribution is 2.40. The van der Waals surface area contributed by atoms with Crippen LogP contribution in [0.3, 0.4) is 0 Å². The fraction of sp³-hybridized carbons (Fsp3) is 0.476. The summed E-state index contributed by atoms with van der Waals surface area (Å²) in [7, 11) is 0. The van der Waals surface area contributed by atoms with Crippen LogP contribution in [-0.4, -0.2) is 11.6 Å². The second-order valence-corrected chi connectivity index (χ2v) is 6.86. The smallest absolute Gasteiger partial charge is 0.248 e. The van der Waals surface area contributed by atoms with Crippen molar-refractivity contribution >= 4 is 0 Å². The van der Waals surface area contributed by atoms with Gasteiger partial charge in [-0.05, 0) is 73.3 Å². The summed E-state index contributed by atoms with van der Waals surface area (Å²) in [5.41, 5.74) is 2.15. The highest BCUT2D eigenvalue weighted by molar-refractivity contribution is 5.30. The van der Waals surface area contributed by atoms with Crippen molar-refractivity contribution in [1.82, 2.24) is 4.98 Å². The molecule has 1 aromatic carbocycles. The van der Waals surface area contributed by atoms with Crippen molar-refractivity contribution in [2.24, 2.45) is 0 Å². The minimum Gasteiger partial charge on any atom is -0.494 e. The van der Waals surface area contributed by atoms with Gasteiger partial charge in [-0.25, -0.2) is 9.37 Å². The minimum absolute atomic E-state index is 0.274. The zero-order chi connectivity index (χ0) is 17.6. The number of rotatable bonds is 6. The van der Waals surface area contributed by atoms with Crippen molar-refractivity contribution in [3.05, 3.63) is 59.4 Å². The number of hydrogen-bond acceptors (Lipinski definition) is 2. The molecule has 3 rings (SSSR count). The van der Waals surface area contributed by atoms with E-state index >= 15 is 0 Å². The van der Waals surface area contributed by atoms with Gasteiger partial charge in [0.25, 0.3) is 0 Å². The van der Waals surface area contributed by atoms with Crippen LogP contribution in [-0.2, 0) is 0 Å². The molecule has 0 aliphatic heterocycles. The Bertz CT molecular complexity index is 679. The van der Waals surface area contributed by atoms with E-state index in [0.29, 0.717) is 5.92 Å². The van der Waals surface area contributed by atoms with Gasteiger partial charge in [-0.1, -0.05) is 25.5 Å². The monoisotopic (exact) mass is 345 g/mol. The van der Waals surface area contributed by atoms with Gasteiger partial charge in [0.1, 0.15) is 5.75 Å². The molecule has 4 heteroatoms. The molecule has 1 saturated carbocycles. The molecule has 1 aliphatic carbocycles. The maximum Gasteiger partial charge on any atom is 0.248 e. The lowest BCUT2D eigenvalue weighted by molar-refractivity contribution is 0.309. The second kappa shape index (κ2) is 8.41. The molecular formula is C21H25F2NO. The fourth-order valence-corrected chi connectivity index (χ4v) is 3.59. The van der Waals surface area contributed by atoms with E-state index < -0.39 is 11.8 Å². The van der Waals surface area contributed by atoms with E-state index in [1.54, 1.807) is 0 Å². The quantitative estimate of drug-likeness (QED) is 0.474. The lowest BCUT2D eigenvalue weighted by atomic mass is 9.76. The van der Waals surface area contributed by atoms with Crippen molar-refractivity contribution in [2.45, 2.75) is 57.3 Å². The molecule has 2 nitrogen and oxygen atoms in total. The van der Waals surface area contributed by atoms with Crippen molar-refractivity contribution in [3.63, 3.8) is 0 Å². The number of hydrogen-bond donors (Lipinski definition) is 0. The largest absolute Gasteiger partial charge is 0.494 e. The van der Waals surface area contributed by atoms with E-state index in [1.807, 2.05) is 0 Å². The van der Waals surface area contributed by atoms with E-state index in [-0.39, 0.29) is 5.92 Å². The third kappa shape index (κ3) is 4.56. The highest BCUT2D eigenvalue weighted by atomic mass is 19.2. The van der Waals surface area contributed by atoms with Crippen molar-refractivity contribution < 1.29 is 13.5 Å². The third-order valence-corrected chi connectivity index (χ3v) is 5.13. The van der Waals surface area contributed by atoms with E-state index in [4.69, 9.17) is 4.74 Å². The van der Waals surface area contributed by atoms with Crippen LogP contribution < -0.4 is 4.74 Å². The topological polar surface area (TPSA) is 22.1 Å². The number of pyridine rings is 1. The first kappa shape index (κ1) is 17.8. The van der Waals surface area contributed by atoms with Crippen LogP contribution in [0.1, 0.15) is 68.4 Å². The predicted molar refractivity (Wildman–Crippen MR) is 94.9 cm³/mol. The molecule has 0 unspecified atom stereocenters. The standard InChI is InChI=1S/C21H25F2NO/c1-2-3-12-25-19-10-8-16(9-11-19)15-4-6-17(7-5-15)18-13-20(22)21(23)24-14-18/h8-11,13-15,17H,2-7,12H2,1H3. The Labute approximate surface area is 148 Å². The summed E-state index contributed by atoms with van der Waals surface area (Å²) in [5, 5.41) is 0. The van der Waals surface area contributed by atoms with Gasteiger partial charge in [-0.3, -0.25) is 0 Å². The Balaban J connectivity index is 1.55. The first-order valence-corrected chi connectivity index (χ1v) is 9.21. The average Bonchev–Trinajstić information content (AvgIpc) is 2.65. The molecule has 0 N–H and O–H groups in total. The van der Waals surface area contributed by atoms with Gasteiger partial charge < -0.3 is 4.74 Å². The summed E-state index contributed by atoms with van der Waals surface area (Å²) in [6, 6.07) is 9.72. The Hall–Kier alpha value is -1.97. The van der Waals surface area contributed by atoms with Gasteiger partial charge in [-0.2, -0.15) is 4.39 Å². The molecule has 1 aliphatic rings. The van der Waals surface area contributed by atoms with Crippen LogP contribution >= 0.6 is 0 Å². The van der Waals surface area contributed by atoms with Gasteiger partial charge in [0.2, 0.25) is 5.95 Å². The molecule has 0 radical (unpaired) electrons. The van der Waals surface area contributed by atoms with E-state index in [2.05, 4.69) is 36.2 Å². The fourth-order valence-electron chi connectivity index (χ4n) is 3.59. The number of nitrogens with zero attached hydrogens (tertiary/aromatic N) is 1. The number of unbranched alkanes of at least 4 members (excludes halogenated alkanes) is 1. The molecular weight excluding hydrogens is 320 g/mol. The van der Waals surface area contributed by atoms with Gasteiger partial charge in [-0.15, -0.1) is 0 Å². The van der Waals surface area contributed by atoms with Gasteiger partial charge in [0.05, 0.1) is 6.61 Å². The number of benzene rings is 1. The van der Waals surface area contributed by atoms with Crippen molar-refractivity contribution in [1.29, 1.82) is 0 Å². The molecule has 25 heavy (non-hydrogen) atoms. The van der Waals surface area contributed by atoms with Gasteiger partial charge in [0, 0.05) is 6.20 Å². The zero-order valence-corrected chi connectivity index (χ0v) is 14.7. The molecule has 2 aromatic rings. The molecule has 0 amide bonds. The first-order valence-electron chi connectivity index (χ1n) is 9.21. The summed E-state index contributed by atoms with van der Waals surface area (Å²) in [6.07, 6.45) is 7.75. The predicted octanol–water partition coefficient (Wildman–Crippen LogP) is 5.98. The first-order chi connectivity index (χ1) is 12.2.